The van der Waals surface area contributed by atoms with Gasteiger partial charge in [0.1, 0.15) is 0 Å². The summed E-state index contributed by atoms with van der Waals surface area (Å²) in [5.41, 5.74) is 5.62. The van der Waals surface area contributed by atoms with Crippen molar-refractivity contribution >= 4 is 5.97 Å². The lowest BCUT2D eigenvalue weighted by atomic mass is 9.79. The van der Waals surface area contributed by atoms with Gasteiger partial charge in [0.25, 0.3) is 5.89 Å². The number of carboxylic acids is 1. The first kappa shape index (κ1) is 25.3. The topological polar surface area (TPSA) is 79.5 Å². The molecule has 39 heavy (non-hydrogen) atoms. The van der Waals surface area contributed by atoms with Crippen molar-refractivity contribution in [3.05, 3.63) is 82.4 Å². The van der Waals surface area contributed by atoms with Crippen LogP contribution in [0.5, 0.6) is 0 Å². The summed E-state index contributed by atoms with van der Waals surface area (Å²) in [6.45, 7) is 5.37. The van der Waals surface area contributed by atoms with E-state index in [4.69, 9.17) is 4.52 Å². The summed E-state index contributed by atoms with van der Waals surface area (Å²) in [4.78, 5) is 18.1. The average molecular weight is 534 g/mol. The molecule has 0 unspecified atom stereocenters. The van der Waals surface area contributed by atoms with E-state index in [-0.39, 0.29) is 23.4 Å². The first-order valence-corrected chi connectivity index (χ1v) is 12.8. The second kappa shape index (κ2) is 9.34. The highest BCUT2D eigenvalue weighted by molar-refractivity contribution is 5.74. The first-order valence-electron chi connectivity index (χ1n) is 12.8. The number of alkyl halides is 3. The third kappa shape index (κ3) is 4.61. The summed E-state index contributed by atoms with van der Waals surface area (Å²) in [6, 6.07) is 15.0. The van der Waals surface area contributed by atoms with Gasteiger partial charge in [0.2, 0.25) is 5.82 Å². The van der Waals surface area contributed by atoms with Gasteiger partial charge in [-0.1, -0.05) is 29.4 Å². The molecule has 1 fully saturated rings. The van der Waals surface area contributed by atoms with Gasteiger partial charge in [0, 0.05) is 30.3 Å². The number of hydrogen-bond acceptors (Lipinski definition) is 5. The van der Waals surface area contributed by atoms with E-state index in [0.717, 1.165) is 30.3 Å². The predicted octanol–water partition coefficient (Wildman–Crippen LogP) is 6.89. The number of aromatic nitrogens is 2. The van der Waals surface area contributed by atoms with E-state index in [2.05, 4.69) is 28.0 Å². The fraction of sp³-hybridized carbons (Fsp3) is 0.300. The second-order valence-corrected chi connectivity index (χ2v) is 10.5. The minimum atomic E-state index is -4.45. The molecule has 1 aliphatic heterocycles. The van der Waals surface area contributed by atoms with Crippen LogP contribution in [0.25, 0.3) is 34.0 Å². The van der Waals surface area contributed by atoms with Gasteiger partial charge >= 0.3 is 12.1 Å². The summed E-state index contributed by atoms with van der Waals surface area (Å²) in [5, 5.41) is 13.4. The Kier molecular flexibility index (Phi) is 6.06. The molecule has 0 bridgehead atoms. The van der Waals surface area contributed by atoms with Crippen LogP contribution in [0.4, 0.5) is 13.2 Å². The zero-order valence-electron chi connectivity index (χ0n) is 21.4. The summed E-state index contributed by atoms with van der Waals surface area (Å²) < 4.78 is 46.2. The molecule has 0 amide bonds. The number of aryl methyl sites for hydroxylation is 2. The van der Waals surface area contributed by atoms with Gasteiger partial charge < -0.3 is 9.63 Å². The van der Waals surface area contributed by atoms with Crippen molar-refractivity contribution in [3.8, 4) is 34.0 Å². The maximum Gasteiger partial charge on any atom is 0.417 e. The van der Waals surface area contributed by atoms with Crippen LogP contribution in [-0.4, -0.2) is 32.2 Å². The maximum atomic E-state index is 13.6. The molecule has 0 saturated heterocycles. The number of nitrogens with zero attached hydrogens (tertiary/aromatic N) is 3. The van der Waals surface area contributed by atoms with Crippen molar-refractivity contribution in [2.45, 2.75) is 52.0 Å². The number of hydrogen-bond donors (Lipinski definition) is 1. The maximum absolute atomic E-state index is 13.6. The quantitative estimate of drug-likeness (QED) is 0.301. The Morgan fingerprint density at radius 1 is 0.974 bits per heavy atom. The van der Waals surface area contributed by atoms with E-state index in [0.29, 0.717) is 35.4 Å². The highest BCUT2D eigenvalue weighted by atomic mass is 19.4. The Balaban J connectivity index is 1.24. The molecular formula is C30H26F3N3O3. The van der Waals surface area contributed by atoms with Crippen molar-refractivity contribution in [1.82, 2.24) is 15.0 Å². The molecule has 1 N–H and O–H groups in total. The van der Waals surface area contributed by atoms with Crippen molar-refractivity contribution < 1.29 is 27.6 Å². The van der Waals surface area contributed by atoms with E-state index < -0.39 is 17.7 Å². The van der Waals surface area contributed by atoms with Crippen molar-refractivity contribution in [1.29, 1.82) is 0 Å². The van der Waals surface area contributed by atoms with Crippen LogP contribution in [0, 0.1) is 19.8 Å². The molecule has 1 saturated carbocycles. The lowest BCUT2D eigenvalue weighted by molar-refractivity contribution is -0.147. The highest BCUT2D eigenvalue weighted by Crippen LogP contribution is 2.40. The van der Waals surface area contributed by atoms with Crippen LogP contribution in [0.2, 0.25) is 0 Å². The minimum Gasteiger partial charge on any atom is -0.481 e. The molecule has 9 heteroatoms. The lowest BCUT2D eigenvalue weighted by Crippen LogP contribution is -2.44. The van der Waals surface area contributed by atoms with Crippen LogP contribution < -0.4 is 0 Å². The molecule has 200 valence electrons. The van der Waals surface area contributed by atoms with Crippen LogP contribution >= 0.6 is 0 Å². The summed E-state index contributed by atoms with van der Waals surface area (Å²) in [7, 11) is 0. The molecule has 4 aromatic rings. The molecule has 0 atom stereocenters. The lowest BCUT2D eigenvalue weighted by Gasteiger charge is -2.39. The van der Waals surface area contributed by atoms with Gasteiger partial charge in [-0.2, -0.15) is 18.2 Å². The average Bonchev–Trinajstić information content (AvgIpc) is 3.50. The van der Waals surface area contributed by atoms with Gasteiger partial charge in [-0.3, -0.25) is 9.69 Å². The largest absolute Gasteiger partial charge is 0.481 e. The van der Waals surface area contributed by atoms with E-state index in [9.17, 15) is 23.1 Å². The van der Waals surface area contributed by atoms with E-state index in [1.54, 1.807) is 31.2 Å². The molecule has 0 spiro atoms. The molecule has 2 aliphatic rings. The molecule has 6 rings (SSSR count). The normalized spacial score (nSPS) is 19.1. The van der Waals surface area contributed by atoms with Gasteiger partial charge in [-0.15, -0.1) is 0 Å². The number of halogens is 3. The zero-order valence-corrected chi connectivity index (χ0v) is 21.4. The molecule has 1 aliphatic carbocycles. The summed E-state index contributed by atoms with van der Waals surface area (Å²) in [6.07, 6.45) is -3.08. The Bertz CT molecular complexity index is 1590. The molecule has 0 radical (unpaired) electrons. The van der Waals surface area contributed by atoms with Gasteiger partial charge in [-0.05, 0) is 90.4 Å². The van der Waals surface area contributed by atoms with Crippen LogP contribution in [0.1, 0.15) is 40.7 Å². The van der Waals surface area contributed by atoms with Gasteiger partial charge in [0.05, 0.1) is 11.5 Å². The molecule has 3 aromatic carbocycles. The van der Waals surface area contributed by atoms with Crippen molar-refractivity contribution in [2.24, 2.45) is 5.92 Å². The van der Waals surface area contributed by atoms with Gasteiger partial charge in [0.15, 0.2) is 0 Å². The van der Waals surface area contributed by atoms with Crippen LogP contribution in [0.15, 0.2) is 59.1 Å². The Labute approximate surface area is 223 Å². The third-order valence-corrected chi connectivity index (χ3v) is 7.96. The zero-order chi connectivity index (χ0) is 27.5. The Morgan fingerprint density at radius 2 is 1.72 bits per heavy atom. The van der Waals surface area contributed by atoms with Crippen LogP contribution in [-0.2, 0) is 24.1 Å². The monoisotopic (exact) mass is 533 g/mol. The number of carbonyl (C=O) groups is 1. The number of rotatable bonds is 5. The molecule has 6 nitrogen and oxygen atoms in total. The minimum absolute atomic E-state index is 0.128. The molecule has 1 aromatic heterocycles. The van der Waals surface area contributed by atoms with Crippen molar-refractivity contribution in [3.63, 3.8) is 0 Å². The van der Waals surface area contributed by atoms with Gasteiger partial charge in [-0.25, -0.2) is 0 Å². The van der Waals surface area contributed by atoms with E-state index in [1.165, 1.54) is 23.3 Å². The number of benzene rings is 3. The fourth-order valence-corrected chi connectivity index (χ4v) is 5.73. The fourth-order valence-electron chi connectivity index (χ4n) is 5.73. The smallest absolute Gasteiger partial charge is 0.417 e. The van der Waals surface area contributed by atoms with E-state index in [1.807, 2.05) is 6.07 Å². The van der Waals surface area contributed by atoms with Crippen molar-refractivity contribution in [2.75, 3.05) is 0 Å². The molecule has 2 heterocycles. The third-order valence-electron chi connectivity index (χ3n) is 7.96. The number of aliphatic carboxylic acids is 1. The Morgan fingerprint density at radius 3 is 2.44 bits per heavy atom. The van der Waals surface area contributed by atoms with Crippen LogP contribution in [0.3, 0.4) is 0 Å². The van der Waals surface area contributed by atoms with E-state index >= 15 is 0 Å². The standard InChI is InChI=1S/C30H26F3N3O3/c1-16-9-18(7-8-23(16)24-5-3-4-6-26(24)30(31,32)33)28-34-27(35-39-28)19-10-17(2)25-15-36(14-21(25)11-19)22-12-20(13-22)29(37)38/h3-11,20,22H,12-15H2,1-2H3,(H,37,38). The SMILES string of the molecule is Cc1cc(-c2nc(-c3cc(C)c4c(c3)CN(C3CC(C(=O)O)C3)C4)no2)ccc1-c1ccccc1C(F)(F)F. The number of carboxylic acid groups (broad SMARTS) is 1. The summed E-state index contributed by atoms with van der Waals surface area (Å²) in [5.74, 6) is -0.235. The second-order valence-electron chi connectivity index (χ2n) is 10.5. The Hall–Kier alpha value is -3.98. The first-order chi connectivity index (χ1) is 18.6. The highest BCUT2D eigenvalue weighted by Gasteiger charge is 2.40. The summed E-state index contributed by atoms with van der Waals surface area (Å²) >= 11 is 0. The number of fused-ring (bicyclic) bond motifs is 1. The molecular weight excluding hydrogens is 507 g/mol. The predicted molar refractivity (Wildman–Crippen MR) is 138 cm³/mol.